The Labute approximate surface area is 210 Å². The number of sulfonamides is 1. The Morgan fingerprint density at radius 3 is 2.33 bits per heavy atom. The molecule has 2 aromatic carbocycles. The lowest BCUT2D eigenvalue weighted by atomic mass is 9.87. The van der Waals surface area contributed by atoms with Gasteiger partial charge in [-0.15, -0.1) is 0 Å². The van der Waals surface area contributed by atoms with Gasteiger partial charge in [0, 0.05) is 20.1 Å². The second kappa shape index (κ2) is 10.4. The maximum atomic E-state index is 13.4. The average Bonchev–Trinajstić information content (AvgIpc) is 2.87. The molecule has 192 valence electrons. The predicted octanol–water partition coefficient (Wildman–Crippen LogP) is 1.82. The summed E-state index contributed by atoms with van der Waals surface area (Å²) in [6.07, 6.45) is 3.96. The molecule has 0 bridgehead atoms. The van der Waals surface area contributed by atoms with E-state index in [1.807, 2.05) is 30.3 Å². The van der Waals surface area contributed by atoms with E-state index in [1.54, 1.807) is 0 Å². The molecule has 1 heterocycles. The largest absolute Gasteiger partial charge is 0.352 e. The van der Waals surface area contributed by atoms with Gasteiger partial charge in [-0.3, -0.25) is 18.7 Å². The molecule has 1 aliphatic rings. The summed E-state index contributed by atoms with van der Waals surface area (Å²) in [6, 6.07) is 12.2. The quantitative estimate of drug-likeness (QED) is 0.501. The molecule has 0 saturated heterocycles. The van der Waals surface area contributed by atoms with Crippen molar-refractivity contribution < 1.29 is 13.2 Å². The molecule has 0 spiro atoms. The number of benzene rings is 2. The average molecular weight is 513 g/mol. The maximum absolute atomic E-state index is 13.4. The van der Waals surface area contributed by atoms with Crippen LogP contribution in [0.25, 0.3) is 10.9 Å². The highest BCUT2D eigenvalue weighted by molar-refractivity contribution is 7.89. The zero-order chi connectivity index (χ0) is 26.0. The summed E-state index contributed by atoms with van der Waals surface area (Å²) < 4.78 is 31.6. The minimum absolute atomic E-state index is 0.0152. The Bertz CT molecular complexity index is 1490. The third-order valence-corrected chi connectivity index (χ3v) is 8.48. The molecule has 36 heavy (non-hydrogen) atoms. The van der Waals surface area contributed by atoms with Gasteiger partial charge < -0.3 is 5.32 Å². The lowest BCUT2D eigenvalue weighted by molar-refractivity contribution is -0.123. The van der Waals surface area contributed by atoms with Crippen molar-refractivity contribution in [1.29, 1.82) is 0 Å². The molecule has 0 aliphatic heterocycles. The molecule has 2 N–H and O–H groups in total. The summed E-state index contributed by atoms with van der Waals surface area (Å²) in [5.74, 6) is 0.248. The van der Waals surface area contributed by atoms with Crippen LogP contribution < -0.4 is 21.3 Å². The van der Waals surface area contributed by atoms with E-state index in [1.165, 1.54) is 36.9 Å². The highest BCUT2D eigenvalue weighted by Gasteiger charge is 2.29. The molecule has 1 aromatic heterocycles. The molecule has 4 rings (SSSR count). The number of aryl methyl sites for hydroxylation is 1. The highest BCUT2D eigenvalue weighted by atomic mass is 32.2. The molecule has 9 nitrogen and oxygen atoms in total. The molecular weight excluding hydrogens is 480 g/mol. The van der Waals surface area contributed by atoms with Crippen LogP contribution in [0.3, 0.4) is 0 Å². The molecule has 10 heteroatoms. The van der Waals surface area contributed by atoms with E-state index in [9.17, 15) is 22.8 Å². The number of fused-ring (bicyclic) bond motifs is 1. The van der Waals surface area contributed by atoms with Crippen molar-refractivity contribution >= 4 is 26.8 Å². The number of hydrogen-bond donors (Lipinski definition) is 2. The van der Waals surface area contributed by atoms with Crippen molar-refractivity contribution in [1.82, 2.24) is 19.2 Å². The first-order valence-electron chi connectivity index (χ1n) is 12.1. The van der Waals surface area contributed by atoms with Gasteiger partial charge in [-0.2, -0.15) is 4.72 Å². The van der Waals surface area contributed by atoms with E-state index in [0.29, 0.717) is 11.4 Å². The van der Waals surface area contributed by atoms with E-state index >= 15 is 0 Å². The fourth-order valence-electron chi connectivity index (χ4n) is 4.74. The van der Waals surface area contributed by atoms with Gasteiger partial charge in [0.2, 0.25) is 15.9 Å². The van der Waals surface area contributed by atoms with Crippen molar-refractivity contribution in [3.05, 3.63) is 74.9 Å². The van der Waals surface area contributed by atoms with Crippen LogP contribution in [-0.2, 0) is 35.3 Å². The molecule has 0 radical (unpaired) electrons. The number of amides is 1. The van der Waals surface area contributed by atoms with Gasteiger partial charge in [-0.25, -0.2) is 13.2 Å². The predicted molar refractivity (Wildman–Crippen MR) is 138 cm³/mol. The number of nitrogens with zero attached hydrogens (tertiary/aromatic N) is 2. The second-order valence-electron chi connectivity index (χ2n) is 9.71. The van der Waals surface area contributed by atoms with Crippen molar-refractivity contribution in [3.8, 4) is 0 Å². The SMILES string of the molecule is CC1CCC(NC(=O)[C@H](Cc2ccccc2)NS(=O)(=O)c2ccc3c(c2)c(=O)n(C)c(=O)n3C)CC1. The Morgan fingerprint density at radius 1 is 1.00 bits per heavy atom. The number of carbonyl (C=O) groups excluding carboxylic acids is 1. The second-order valence-corrected chi connectivity index (χ2v) is 11.4. The molecule has 0 unspecified atom stereocenters. The van der Waals surface area contributed by atoms with Crippen molar-refractivity contribution in [2.45, 2.75) is 56.0 Å². The molecular formula is C26H32N4O5S. The van der Waals surface area contributed by atoms with Crippen molar-refractivity contribution in [3.63, 3.8) is 0 Å². The molecule has 1 atom stereocenters. The van der Waals surface area contributed by atoms with E-state index in [2.05, 4.69) is 17.0 Å². The van der Waals surface area contributed by atoms with Gasteiger partial charge in [0.05, 0.1) is 15.8 Å². The van der Waals surface area contributed by atoms with Crippen molar-refractivity contribution in [2.75, 3.05) is 0 Å². The van der Waals surface area contributed by atoms with Crippen LogP contribution in [0.15, 0.2) is 63.0 Å². The minimum atomic E-state index is -4.16. The molecule has 3 aromatic rings. The van der Waals surface area contributed by atoms with Crippen LogP contribution in [0.2, 0.25) is 0 Å². The fourth-order valence-corrected chi connectivity index (χ4v) is 5.96. The monoisotopic (exact) mass is 512 g/mol. The summed E-state index contributed by atoms with van der Waals surface area (Å²) in [5.41, 5.74) is 0.0559. The Morgan fingerprint density at radius 2 is 1.67 bits per heavy atom. The number of nitrogens with one attached hydrogen (secondary N) is 2. The summed E-state index contributed by atoms with van der Waals surface area (Å²) >= 11 is 0. The number of carbonyl (C=O) groups is 1. The van der Waals surface area contributed by atoms with Crippen LogP contribution in [-0.4, -0.2) is 35.5 Å². The molecule has 1 saturated carbocycles. The van der Waals surface area contributed by atoms with E-state index in [0.717, 1.165) is 35.8 Å². The van der Waals surface area contributed by atoms with Crippen LogP contribution >= 0.6 is 0 Å². The Hall–Kier alpha value is -3.24. The van der Waals surface area contributed by atoms with E-state index < -0.39 is 27.3 Å². The molecule has 1 aliphatic carbocycles. The highest BCUT2D eigenvalue weighted by Crippen LogP contribution is 2.24. The topological polar surface area (TPSA) is 119 Å². The van der Waals surface area contributed by atoms with Gasteiger partial charge in [-0.05, 0) is 61.8 Å². The van der Waals surface area contributed by atoms with Crippen LogP contribution in [0.5, 0.6) is 0 Å². The molecule has 1 amide bonds. The van der Waals surface area contributed by atoms with Gasteiger partial charge in [0.15, 0.2) is 0 Å². The Kier molecular flexibility index (Phi) is 7.46. The van der Waals surface area contributed by atoms with Crippen LogP contribution in [0, 0.1) is 5.92 Å². The number of hydrogen-bond acceptors (Lipinski definition) is 5. The summed E-state index contributed by atoms with van der Waals surface area (Å²) in [5, 5.41) is 3.14. The Balaban J connectivity index is 1.65. The zero-order valence-electron chi connectivity index (χ0n) is 20.7. The fraction of sp³-hybridized carbons (Fsp3) is 0.423. The lowest BCUT2D eigenvalue weighted by Gasteiger charge is -2.29. The minimum Gasteiger partial charge on any atom is -0.352 e. The molecule has 1 fully saturated rings. The normalized spacial score (nSPS) is 19.2. The van der Waals surface area contributed by atoms with Gasteiger partial charge in [-0.1, -0.05) is 37.3 Å². The smallest absolute Gasteiger partial charge is 0.330 e. The first-order valence-corrected chi connectivity index (χ1v) is 13.6. The summed E-state index contributed by atoms with van der Waals surface area (Å²) in [7, 11) is -1.30. The van der Waals surface area contributed by atoms with Gasteiger partial charge in [0.1, 0.15) is 6.04 Å². The standard InChI is InChI=1S/C26H32N4O5S/c1-17-9-11-19(12-10-17)27-24(31)22(15-18-7-5-4-6-8-18)28-36(34,35)20-13-14-23-21(16-20)25(32)30(3)26(33)29(23)2/h4-8,13-14,16-17,19,22,28H,9-12,15H2,1-3H3,(H,27,31)/t17?,19?,22-/m0/s1. The first-order chi connectivity index (χ1) is 17.1. The van der Waals surface area contributed by atoms with Gasteiger partial charge >= 0.3 is 5.69 Å². The third-order valence-electron chi connectivity index (χ3n) is 7.01. The van der Waals surface area contributed by atoms with E-state index in [4.69, 9.17) is 0 Å². The van der Waals surface area contributed by atoms with Crippen molar-refractivity contribution in [2.24, 2.45) is 20.0 Å². The number of aromatic nitrogens is 2. The maximum Gasteiger partial charge on any atom is 0.330 e. The third kappa shape index (κ3) is 5.44. The summed E-state index contributed by atoms with van der Waals surface area (Å²) in [4.78, 5) is 38.0. The first kappa shape index (κ1) is 25.8. The number of rotatable bonds is 7. The van der Waals surface area contributed by atoms with Crippen LogP contribution in [0.1, 0.15) is 38.2 Å². The zero-order valence-corrected chi connectivity index (χ0v) is 21.5. The van der Waals surface area contributed by atoms with Gasteiger partial charge in [0.25, 0.3) is 5.56 Å². The lowest BCUT2D eigenvalue weighted by Crippen LogP contribution is -2.51. The van der Waals surface area contributed by atoms with Crippen LogP contribution in [0.4, 0.5) is 0 Å². The van der Waals surface area contributed by atoms with E-state index in [-0.39, 0.29) is 28.7 Å². The summed E-state index contributed by atoms with van der Waals surface area (Å²) in [6.45, 7) is 2.19.